The van der Waals surface area contributed by atoms with Crippen molar-refractivity contribution < 1.29 is 18.0 Å². The van der Waals surface area contributed by atoms with Gasteiger partial charge in [-0.2, -0.15) is 0 Å². The summed E-state index contributed by atoms with van der Waals surface area (Å²) >= 11 is 5.55. The predicted molar refractivity (Wildman–Crippen MR) is 61.2 cm³/mol. The molecule has 0 spiro atoms. The Morgan fingerprint density at radius 3 is 2.11 bits per heavy atom. The van der Waals surface area contributed by atoms with Crippen molar-refractivity contribution in [3.8, 4) is 0 Å². The van der Waals surface area contributed by atoms with Crippen molar-refractivity contribution >= 4 is 17.4 Å². The zero-order valence-electron chi connectivity index (χ0n) is 8.88. The van der Waals surface area contributed by atoms with Gasteiger partial charge in [-0.15, -0.1) is 0 Å². The Morgan fingerprint density at radius 1 is 0.944 bits per heavy atom. The molecule has 0 radical (unpaired) electrons. The number of hydrogen-bond donors (Lipinski definition) is 0. The second-order valence-electron chi connectivity index (χ2n) is 3.61. The minimum absolute atomic E-state index is 0.134. The van der Waals surface area contributed by atoms with Crippen LogP contribution >= 0.6 is 11.6 Å². The van der Waals surface area contributed by atoms with Crippen LogP contribution in [0.5, 0.6) is 0 Å². The maximum absolute atomic E-state index is 13.5. The molecule has 0 unspecified atom stereocenters. The first-order valence-electron chi connectivity index (χ1n) is 4.93. The highest BCUT2D eigenvalue weighted by Crippen LogP contribution is 2.19. The van der Waals surface area contributed by atoms with E-state index in [0.29, 0.717) is 6.07 Å². The second-order valence-corrected chi connectivity index (χ2v) is 4.05. The molecule has 1 nitrogen and oxygen atoms in total. The molecule has 0 saturated carbocycles. The largest absolute Gasteiger partial charge is 0.288 e. The summed E-state index contributed by atoms with van der Waals surface area (Å²) in [6.45, 7) is 0. The van der Waals surface area contributed by atoms with Gasteiger partial charge in [0.25, 0.3) is 0 Å². The van der Waals surface area contributed by atoms with E-state index in [0.717, 1.165) is 18.2 Å². The topological polar surface area (TPSA) is 17.1 Å². The maximum atomic E-state index is 13.5. The number of carbonyl (C=O) groups is 1. The third-order valence-corrected chi connectivity index (χ3v) is 2.54. The monoisotopic (exact) mass is 270 g/mol. The third kappa shape index (κ3) is 2.54. The predicted octanol–water partition coefficient (Wildman–Crippen LogP) is 3.99. The van der Waals surface area contributed by atoms with Crippen LogP contribution in [0.1, 0.15) is 15.9 Å². The Hall–Kier alpha value is -1.81. The first-order valence-corrected chi connectivity index (χ1v) is 5.31. The Morgan fingerprint density at radius 2 is 1.56 bits per heavy atom. The third-order valence-electron chi connectivity index (χ3n) is 2.30. The fourth-order valence-electron chi connectivity index (χ4n) is 1.51. The van der Waals surface area contributed by atoms with E-state index in [1.807, 2.05) is 0 Å². The van der Waals surface area contributed by atoms with Crippen LogP contribution in [0.3, 0.4) is 0 Å². The summed E-state index contributed by atoms with van der Waals surface area (Å²) in [4.78, 5) is 11.9. The summed E-state index contributed by atoms with van der Waals surface area (Å²) in [5.41, 5.74) is -0.543. The molecule has 0 N–H and O–H groups in total. The number of hydrogen-bond acceptors (Lipinski definition) is 1. The van der Waals surface area contributed by atoms with Crippen LogP contribution in [0.2, 0.25) is 5.02 Å². The van der Waals surface area contributed by atoms with E-state index in [1.54, 1.807) is 0 Å². The molecule has 0 aliphatic carbocycles. The smallest absolute Gasteiger partial charge is 0.196 e. The summed E-state index contributed by atoms with van der Waals surface area (Å²) in [7, 11) is 0. The van der Waals surface area contributed by atoms with Crippen LogP contribution in [0.25, 0.3) is 0 Å². The summed E-state index contributed by atoms with van der Waals surface area (Å²) in [5, 5.41) is 0.134. The van der Waals surface area contributed by atoms with Crippen molar-refractivity contribution in [3.63, 3.8) is 0 Å². The first-order chi connectivity index (χ1) is 8.47. The van der Waals surface area contributed by atoms with Crippen LogP contribution in [0.4, 0.5) is 13.2 Å². The van der Waals surface area contributed by atoms with Gasteiger partial charge in [0.1, 0.15) is 17.5 Å². The summed E-state index contributed by atoms with van der Waals surface area (Å²) in [6, 6.07) is 5.79. The maximum Gasteiger partial charge on any atom is 0.196 e. The average Bonchev–Trinajstić information content (AvgIpc) is 2.26. The Balaban J connectivity index is 2.47. The van der Waals surface area contributed by atoms with E-state index in [-0.39, 0.29) is 16.1 Å². The number of rotatable bonds is 2. The highest BCUT2D eigenvalue weighted by molar-refractivity contribution is 6.30. The Labute approximate surface area is 106 Å². The second kappa shape index (κ2) is 4.82. The standard InChI is InChI=1S/C13H6ClF3O/c14-8-1-2-11(12(17)5-8)13(18)7-3-9(15)6-10(16)4-7/h1-6H. The van der Waals surface area contributed by atoms with Crippen molar-refractivity contribution in [1.29, 1.82) is 0 Å². The average molecular weight is 271 g/mol. The molecule has 0 aromatic heterocycles. The van der Waals surface area contributed by atoms with Gasteiger partial charge >= 0.3 is 0 Å². The lowest BCUT2D eigenvalue weighted by molar-refractivity contribution is 0.103. The normalized spacial score (nSPS) is 10.4. The molecule has 0 fully saturated rings. The van der Waals surface area contributed by atoms with E-state index < -0.39 is 23.2 Å². The minimum Gasteiger partial charge on any atom is -0.288 e. The number of halogens is 4. The van der Waals surface area contributed by atoms with Crippen LogP contribution < -0.4 is 0 Å². The summed E-state index contributed by atoms with van der Waals surface area (Å²) in [6.07, 6.45) is 0. The van der Waals surface area contributed by atoms with Gasteiger partial charge in [-0.05, 0) is 30.3 Å². The fourth-order valence-corrected chi connectivity index (χ4v) is 1.67. The summed E-state index contributed by atoms with van der Waals surface area (Å²) in [5.74, 6) is -3.43. The number of carbonyl (C=O) groups excluding carboxylic acids is 1. The van der Waals surface area contributed by atoms with Crippen molar-refractivity contribution in [2.45, 2.75) is 0 Å². The van der Waals surface area contributed by atoms with Crippen molar-refractivity contribution in [1.82, 2.24) is 0 Å². The fraction of sp³-hybridized carbons (Fsp3) is 0. The lowest BCUT2D eigenvalue weighted by atomic mass is 10.0. The van der Waals surface area contributed by atoms with Gasteiger partial charge in [-0.3, -0.25) is 4.79 Å². The van der Waals surface area contributed by atoms with E-state index in [9.17, 15) is 18.0 Å². The van der Waals surface area contributed by atoms with Crippen LogP contribution in [0, 0.1) is 17.5 Å². The summed E-state index contributed by atoms with van der Waals surface area (Å²) < 4.78 is 39.4. The van der Waals surface area contributed by atoms with Crippen molar-refractivity contribution in [2.75, 3.05) is 0 Å². The van der Waals surface area contributed by atoms with Crippen LogP contribution in [0.15, 0.2) is 36.4 Å². The molecule has 2 rings (SSSR count). The zero-order valence-corrected chi connectivity index (χ0v) is 9.64. The van der Waals surface area contributed by atoms with Gasteiger partial charge in [-0.25, -0.2) is 13.2 Å². The minimum atomic E-state index is -0.896. The molecule has 0 aliphatic heterocycles. The molecular formula is C13H6ClF3O. The quantitative estimate of drug-likeness (QED) is 0.754. The molecule has 2 aromatic carbocycles. The molecule has 0 heterocycles. The van der Waals surface area contributed by atoms with Gasteiger partial charge < -0.3 is 0 Å². The molecule has 0 bridgehead atoms. The van der Waals surface area contributed by atoms with E-state index in [2.05, 4.69) is 0 Å². The van der Waals surface area contributed by atoms with Crippen molar-refractivity contribution in [3.05, 3.63) is 70.0 Å². The molecule has 2 aromatic rings. The lowest BCUT2D eigenvalue weighted by Crippen LogP contribution is -2.05. The van der Waals surface area contributed by atoms with Gasteiger partial charge in [0, 0.05) is 16.7 Å². The van der Waals surface area contributed by atoms with Crippen LogP contribution in [-0.4, -0.2) is 5.78 Å². The molecular weight excluding hydrogens is 265 g/mol. The highest BCUT2D eigenvalue weighted by Gasteiger charge is 2.16. The van der Waals surface area contributed by atoms with Crippen LogP contribution in [-0.2, 0) is 0 Å². The molecule has 92 valence electrons. The Bertz CT molecular complexity index is 605. The molecule has 0 amide bonds. The SMILES string of the molecule is O=C(c1cc(F)cc(F)c1)c1ccc(Cl)cc1F. The lowest BCUT2D eigenvalue weighted by Gasteiger charge is -2.04. The molecule has 5 heteroatoms. The van der Waals surface area contributed by atoms with Gasteiger partial charge in [0.05, 0.1) is 5.56 Å². The molecule has 18 heavy (non-hydrogen) atoms. The Kier molecular flexibility index (Phi) is 3.39. The van der Waals surface area contributed by atoms with E-state index >= 15 is 0 Å². The molecule has 0 saturated heterocycles. The molecule has 0 aliphatic rings. The number of benzene rings is 2. The highest BCUT2D eigenvalue weighted by atomic mass is 35.5. The van der Waals surface area contributed by atoms with Gasteiger partial charge in [0.2, 0.25) is 0 Å². The first kappa shape index (κ1) is 12.6. The zero-order chi connectivity index (χ0) is 13.3. The van der Waals surface area contributed by atoms with Gasteiger partial charge in [0.15, 0.2) is 5.78 Å². The van der Waals surface area contributed by atoms with E-state index in [4.69, 9.17) is 11.6 Å². The van der Waals surface area contributed by atoms with E-state index in [1.165, 1.54) is 12.1 Å². The number of ketones is 1. The van der Waals surface area contributed by atoms with Gasteiger partial charge in [-0.1, -0.05) is 11.6 Å². The van der Waals surface area contributed by atoms with Crippen molar-refractivity contribution in [2.24, 2.45) is 0 Å². The molecule has 0 atom stereocenters.